The number of allylic oxidation sites excluding steroid dienone is 2. The maximum absolute atomic E-state index is 13.6. The summed E-state index contributed by atoms with van der Waals surface area (Å²) < 4.78 is 34.2. The van der Waals surface area contributed by atoms with Gasteiger partial charge in [-0.1, -0.05) is 145 Å². The predicted octanol–water partition coefficient (Wildman–Crippen LogP) is 12.3. The number of ether oxygens (including phenoxy) is 5. The van der Waals surface area contributed by atoms with E-state index in [0.29, 0.717) is 56.5 Å². The normalized spacial score (nSPS) is 34.3. The Morgan fingerprint density at radius 3 is 2.05 bits per heavy atom. The van der Waals surface area contributed by atoms with E-state index in [1.165, 1.54) is 51.4 Å². The van der Waals surface area contributed by atoms with E-state index < -0.39 is 18.5 Å². The van der Waals surface area contributed by atoms with Gasteiger partial charge in [-0.05, 0) is 102 Å². The Balaban J connectivity index is 1.03. The fourth-order valence-corrected chi connectivity index (χ4v) is 12.9. The molecular formula is C54H72O6. The van der Waals surface area contributed by atoms with Gasteiger partial charge in [-0.2, -0.15) is 0 Å². The molecule has 0 radical (unpaired) electrons. The van der Waals surface area contributed by atoms with Gasteiger partial charge in [0.15, 0.2) is 5.78 Å². The van der Waals surface area contributed by atoms with Crippen molar-refractivity contribution < 1.29 is 28.5 Å². The zero-order valence-corrected chi connectivity index (χ0v) is 37.1. The van der Waals surface area contributed by atoms with Gasteiger partial charge in [-0.15, -0.1) is 0 Å². The van der Waals surface area contributed by atoms with Crippen LogP contribution < -0.4 is 0 Å². The van der Waals surface area contributed by atoms with Gasteiger partial charge in [-0.3, -0.25) is 4.79 Å². The largest absolute Gasteiger partial charge is 0.468 e. The molecule has 4 fully saturated rings. The average molecular weight is 817 g/mol. The molecule has 1 aliphatic heterocycles. The van der Waals surface area contributed by atoms with E-state index >= 15 is 0 Å². The maximum atomic E-state index is 13.6. The molecule has 3 aromatic carbocycles. The molecule has 6 nitrogen and oxygen atoms in total. The molecule has 3 saturated carbocycles. The van der Waals surface area contributed by atoms with Crippen LogP contribution in [0.1, 0.15) is 122 Å². The van der Waals surface area contributed by atoms with Crippen LogP contribution in [0.3, 0.4) is 0 Å². The van der Waals surface area contributed by atoms with Crippen LogP contribution in [0.2, 0.25) is 0 Å². The summed E-state index contributed by atoms with van der Waals surface area (Å²) in [5.74, 6) is 5.55. The average Bonchev–Trinajstić information content (AvgIpc) is 3.61. The van der Waals surface area contributed by atoms with Crippen molar-refractivity contribution in [3.8, 4) is 0 Å². The second kappa shape index (κ2) is 19.4. The summed E-state index contributed by atoms with van der Waals surface area (Å²) in [5, 5.41) is 0. The van der Waals surface area contributed by atoms with Gasteiger partial charge < -0.3 is 23.7 Å². The number of carbonyl (C=O) groups excluding carboxylic acids is 1. The van der Waals surface area contributed by atoms with Crippen LogP contribution in [-0.4, -0.2) is 37.0 Å². The zero-order chi connectivity index (χ0) is 41.7. The molecule has 0 aromatic heterocycles. The molecule has 1 saturated heterocycles. The van der Waals surface area contributed by atoms with Crippen molar-refractivity contribution in [2.75, 3.05) is 6.61 Å². The highest BCUT2D eigenvalue weighted by molar-refractivity contribution is 5.91. The van der Waals surface area contributed by atoms with E-state index in [0.717, 1.165) is 52.5 Å². The minimum absolute atomic E-state index is 0.183. The molecule has 0 amide bonds. The van der Waals surface area contributed by atoms with Crippen LogP contribution in [0.4, 0.5) is 0 Å². The maximum Gasteiger partial charge on any atom is 0.202 e. The molecule has 12 atom stereocenters. The first-order chi connectivity index (χ1) is 29.1. The summed E-state index contributed by atoms with van der Waals surface area (Å²) in [7, 11) is 0. The molecule has 4 aliphatic carbocycles. The SMILES string of the molecule is CC(C)CCC[C@@H](C)[C@H]1CC[C@H]2[C@@H]3CC[C@H]4CC(=O)C=C(O[C@@H]5C[C@@H](OCc6ccccc6)[C@H](OCc6ccccc6)[C@@H](COCc6ccccc6)O5)[C@]4(C)[C@H]3CC[C@]12C. The lowest BCUT2D eigenvalue weighted by molar-refractivity contribution is -0.276. The Morgan fingerprint density at radius 2 is 1.38 bits per heavy atom. The Labute approximate surface area is 361 Å². The summed E-state index contributed by atoms with van der Waals surface area (Å²) >= 11 is 0. The topological polar surface area (TPSA) is 63.2 Å². The minimum atomic E-state index is -0.612. The monoisotopic (exact) mass is 817 g/mol. The smallest absolute Gasteiger partial charge is 0.202 e. The van der Waals surface area contributed by atoms with Crippen LogP contribution in [0.5, 0.6) is 0 Å². The van der Waals surface area contributed by atoms with Crippen molar-refractivity contribution in [3.63, 3.8) is 0 Å². The van der Waals surface area contributed by atoms with Gasteiger partial charge in [0.25, 0.3) is 0 Å². The van der Waals surface area contributed by atoms with Crippen LogP contribution in [0.15, 0.2) is 103 Å². The summed E-state index contributed by atoms with van der Waals surface area (Å²) in [6.07, 6.45) is 12.7. The van der Waals surface area contributed by atoms with Crippen molar-refractivity contribution in [2.45, 2.75) is 150 Å². The molecule has 0 spiro atoms. The van der Waals surface area contributed by atoms with Crippen molar-refractivity contribution in [2.24, 2.45) is 52.3 Å². The predicted molar refractivity (Wildman–Crippen MR) is 237 cm³/mol. The van der Waals surface area contributed by atoms with Gasteiger partial charge in [0.1, 0.15) is 18.0 Å². The molecule has 324 valence electrons. The molecule has 60 heavy (non-hydrogen) atoms. The molecular weight excluding hydrogens is 745 g/mol. The molecule has 0 bridgehead atoms. The van der Waals surface area contributed by atoms with Crippen molar-refractivity contribution >= 4 is 5.78 Å². The summed E-state index contributed by atoms with van der Waals surface area (Å²) in [6, 6.07) is 30.9. The molecule has 1 heterocycles. The van der Waals surface area contributed by atoms with Crippen molar-refractivity contribution in [1.29, 1.82) is 0 Å². The van der Waals surface area contributed by atoms with E-state index in [2.05, 4.69) is 71.0 Å². The number of hydrogen-bond acceptors (Lipinski definition) is 6. The molecule has 8 rings (SSSR count). The lowest BCUT2D eigenvalue weighted by Gasteiger charge is -2.60. The third kappa shape index (κ3) is 9.53. The highest BCUT2D eigenvalue weighted by atomic mass is 16.7. The Morgan fingerprint density at radius 1 is 0.733 bits per heavy atom. The molecule has 0 N–H and O–H groups in total. The van der Waals surface area contributed by atoms with E-state index in [-0.39, 0.29) is 23.2 Å². The zero-order valence-electron chi connectivity index (χ0n) is 37.1. The van der Waals surface area contributed by atoms with Crippen LogP contribution in [0, 0.1) is 52.3 Å². The third-order valence-electron chi connectivity index (χ3n) is 16.1. The fourth-order valence-electron chi connectivity index (χ4n) is 12.9. The van der Waals surface area contributed by atoms with Crippen LogP contribution in [0.25, 0.3) is 0 Å². The Bertz CT molecular complexity index is 1850. The fraction of sp³-hybridized carbons (Fsp3) is 0.611. The van der Waals surface area contributed by atoms with Crippen molar-refractivity contribution in [1.82, 2.24) is 0 Å². The minimum Gasteiger partial charge on any atom is -0.468 e. The first-order valence-corrected chi connectivity index (χ1v) is 23.6. The van der Waals surface area contributed by atoms with Gasteiger partial charge in [0, 0.05) is 24.3 Å². The highest BCUT2D eigenvalue weighted by Crippen LogP contribution is 2.69. The van der Waals surface area contributed by atoms with E-state index in [4.69, 9.17) is 23.7 Å². The molecule has 3 aromatic rings. The number of carbonyl (C=O) groups is 1. The number of benzene rings is 3. The van der Waals surface area contributed by atoms with E-state index in [1.807, 2.05) is 60.7 Å². The second-order valence-corrected chi connectivity index (χ2v) is 20.2. The van der Waals surface area contributed by atoms with Gasteiger partial charge in [0.05, 0.1) is 32.5 Å². The Hall–Kier alpha value is -3.29. The lowest BCUT2D eigenvalue weighted by atomic mass is 9.45. The first kappa shape index (κ1) is 43.4. The lowest BCUT2D eigenvalue weighted by Crippen LogP contribution is -2.56. The van der Waals surface area contributed by atoms with Gasteiger partial charge in [-0.25, -0.2) is 0 Å². The number of ketones is 1. The number of rotatable bonds is 17. The van der Waals surface area contributed by atoms with Gasteiger partial charge in [0.2, 0.25) is 6.29 Å². The van der Waals surface area contributed by atoms with Crippen LogP contribution in [-0.2, 0) is 48.3 Å². The van der Waals surface area contributed by atoms with Gasteiger partial charge >= 0.3 is 0 Å². The number of hydrogen-bond donors (Lipinski definition) is 0. The second-order valence-electron chi connectivity index (χ2n) is 20.2. The molecule has 0 unspecified atom stereocenters. The van der Waals surface area contributed by atoms with Crippen LogP contribution >= 0.6 is 0 Å². The standard InChI is InChI=1S/C54H72O6/c1-37(2)16-15-17-38(3)45-26-27-46-44-25-24-42-30-43(55)31-50(54(42,5)47(44)28-29-53(45,46)4)60-51-32-48(57-34-40-20-11-7-12-21-40)52(58-35-41-22-13-8-14-23-41)49(59-51)36-56-33-39-18-9-6-10-19-39/h6-14,18-23,31,37-38,42,44-49,51-52H,15-17,24-30,32-36H2,1-5H3/t38-,42+,44+,45-,46+,47+,48-,49-,51-,52+,53-,54+/m1/s1. The Kier molecular flexibility index (Phi) is 14.0. The quantitative estimate of drug-likeness (QED) is 0.135. The van der Waals surface area contributed by atoms with Crippen molar-refractivity contribution in [3.05, 3.63) is 120 Å². The molecule has 6 heteroatoms. The summed E-state index contributed by atoms with van der Waals surface area (Å²) in [5.41, 5.74) is 3.48. The molecule has 5 aliphatic rings. The first-order valence-electron chi connectivity index (χ1n) is 23.6. The van der Waals surface area contributed by atoms with E-state index in [1.54, 1.807) is 0 Å². The highest BCUT2D eigenvalue weighted by Gasteiger charge is 2.62. The number of fused-ring (bicyclic) bond motifs is 5. The summed E-state index contributed by atoms with van der Waals surface area (Å²) in [6.45, 7) is 14.1. The van der Waals surface area contributed by atoms with E-state index in [9.17, 15) is 4.79 Å². The third-order valence-corrected chi connectivity index (χ3v) is 16.1. The summed E-state index contributed by atoms with van der Waals surface area (Å²) in [4.78, 5) is 13.6.